The van der Waals surface area contributed by atoms with Crippen LogP contribution in [0.15, 0.2) is 73.1 Å². The SMILES string of the molecule is CC(C)c1ccccc1C(O)(c1ccccc1C(C)C)[C@@H]1CCc2nn(-c3cc(C(F)(F)F)cc(C(F)(F)F)c3)c[n+]21. The Morgan fingerprint density at radius 2 is 1.26 bits per heavy atom. The number of aryl methyl sites for hydroxylation is 1. The van der Waals surface area contributed by atoms with Gasteiger partial charge in [-0.25, -0.2) is 4.57 Å². The normalized spacial score (nSPS) is 16.0. The lowest BCUT2D eigenvalue weighted by Gasteiger charge is -2.38. The first-order valence-corrected chi connectivity index (χ1v) is 13.8. The van der Waals surface area contributed by atoms with E-state index in [1.54, 1.807) is 4.57 Å². The second kappa shape index (κ2) is 10.6. The van der Waals surface area contributed by atoms with E-state index in [9.17, 15) is 31.4 Å². The fraction of sp³-hybridized carbons (Fsp3) is 0.375. The number of alkyl halides is 6. The van der Waals surface area contributed by atoms with Gasteiger partial charge in [-0.05, 0) is 58.7 Å². The molecule has 5 rings (SSSR count). The molecule has 1 N–H and O–H groups in total. The molecule has 222 valence electrons. The molecular weight excluding hydrogens is 556 g/mol. The maximum Gasteiger partial charge on any atom is 0.416 e. The van der Waals surface area contributed by atoms with Gasteiger partial charge < -0.3 is 5.11 Å². The Balaban J connectivity index is 1.72. The summed E-state index contributed by atoms with van der Waals surface area (Å²) in [7, 11) is 0. The summed E-state index contributed by atoms with van der Waals surface area (Å²) < 4.78 is 84.2. The summed E-state index contributed by atoms with van der Waals surface area (Å²) in [6, 6.07) is 16.0. The van der Waals surface area contributed by atoms with E-state index in [1.807, 2.05) is 76.2 Å². The zero-order valence-electron chi connectivity index (χ0n) is 23.6. The molecule has 0 aliphatic carbocycles. The Labute approximate surface area is 240 Å². The molecule has 0 bridgehead atoms. The Kier molecular flexibility index (Phi) is 7.50. The average molecular weight is 589 g/mol. The number of rotatable bonds is 6. The van der Waals surface area contributed by atoms with Crippen molar-refractivity contribution < 1.29 is 36.0 Å². The van der Waals surface area contributed by atoms with Crippen LogP contribution < -0.4 is 4.57 Å². The summed E-state index contributed by atoms with van der Waals surface area (Å²) in [5.74, 6) is 0.588. The summed E-state index contributed by atoms with van der Waals surface area (Å²) in [6.45, 7) is 8.13. The van der Waals surface area contributed by atoms with Gasteiger partial charge >= 0.3 is 12.4 Å². The quantitative estimate of drug-likeness (QED) is 0.184. The van der Waals surface area contributed by atoms with E-state index in [-0.39, 0.29) is 23.6 Å². The lowest BCUT2D eigenvalue weighted by Crippen LogP contribution is -2.51. The monoisotopic (exact) mass is 588 g/mol. The highest BCUT2D eigenvalue weighted by atomic mass is 19.4. The molecule has 0 unspecified atom stereocenters. The number of hydrogen-bond donors (Lipinski definition) is 1. The molecule has 0 radical (unpaired) electrons. The number of aromatic nitrogens is 3. The molecule has 1 aliphatic heterocycles. The molecule has 1 aromatic heterocycles. The minimum absolute atomic E-state index is 0.0680. The number of fused-ring (bicyclic) bond motifs is 1. The molecule has 4 aromatic rings. The molecule has 0 saturated carbocycles. The van der Waals surface area contributed by atoms with Crippen molar-refractivity contribution in [3.05, 3.63) is 112 Å². The van der Waals surface area contributed by atoms with Crippen LogP contribution in [0.4, 0.5) is 26.3 Å². The first-order valence-electron chi connectivity index (χ1n) is 13.8. The topological polar surface area (TPSA) is 41.9 Å². The van der Waals surface area contributed by atoms with Crippen LogP contribution >= 0.6 is 0 Å². The van der Waals surface area contributed by atoms with Gasteiger partial charge in [0.15, 0.2) is 0 Å². The van der Waals surface area contributed by atoms with Crippen molar-refractivity contribution in [1.82, 2.24) is 9.78 Å². The van der Waals surface area contributed by atoms with Crippen LogP contribution in [0, 0.1) is 0 Å². The zero-order valence-corrected chi connectivity index (χ0v) is 23.6. The first-order chi connectivity index (χ1) is 19.6. The number of nitrogens with zero attached hydrogens (tertiary/aromatic N) is 3. The largest absolute Gasteiger partial charge is 0.416 e. The van der Waals surface area contributed by atoms with E-state index in [0.717, 1.165) is 15.8 Å². The minimum atomic E-state index is -4.98. The third kappa shape index (κ3) is 5.21. The molecule has 2 heterocycles. The number of hydrogen-bond acceptors (Lipinski definition) is 2. The van der Waals surface area contributed by atoms with Gasteiger partial charge in [-0.3, -0.25) is 0 Å². The minimum Gasteiger partial charge on any atom is -0.377 e. The van der Waals surface area contributed by atoms with Crippen molar-refractivity contribution in [3.63, 3.8) is 0 Å². The van der Waals surface area contributed by atoms with E-state index in [1.165, 1.54) is 6.33 Å². The van der Waals surface area contributed by atoms with Crippen LogP contribution in [-0.4, -0.2) is 14.9 Å². The second-order valence-electron chi connectivity index (χ2n) is 11.5. The fourth-order valence-electron chi connectivity index (χ4n) is 6.04. The van der Waals surface area contributed by atoms with Crippen LogP contribution in [0.1, 0.15) is 91.2 Å². The van der Waals surface area contributed by atoms with E-state index >= 15 is 0 Å². The van der Waals surface area contributed by atoms with Gasteiger partial charge in [0, 0.05) is 11.5 Å². The molecule has 0 spiro atoms. The molecular formula is C32H32F6N3O+. The summed E-state index contributed by atoms with van der Waals surface area (Å²) in [5.41, 5.74) is -1.51. The van der Waals surface area contributed by atoms with Crippen molar-refractivity contribution in [2.24, 2.45) is 0 Å². The molecule has 0 amide bonds. The Morgan fingerprint density at radius 3 is 1.71 bits per heavy atom. The predicted molar refractivity (Wildman–Crippen MR) is 145 cm³/mol. The third-order valence-corrected chi connectivity index (χ3v) is 8.04. The summed E-state index contributed by atoms with van der Waals surface area (Å²) >= 11 is 0. The van der Waals surface area contributed by atoms with Crippen LogP contribution in [0.5, 0.6) is 0 Å². The highest BCUT2D eigenvalue weighted by molar-refractivity contribution is 5.47. The lowest BCUT2D eigenvalue weighted by molar-refractivity contribution is -0.731. The van der Waals surface area contributed by atoms with Crippen LogP contribution in [0.25, 0.3) is 5.69 Å². The summed E-state index contributed by atoms with van der Waals surface area (Å²) in [4.78, 5) is 0. The van der Waals surface area contributed by atoms with Crippen molar-refractivity contribution in [2.75, 3.05) is 0 Å². The van der Waals surface area contributed by atoms with Crippen LogP contribution in [0.3, 0.4) is 0 Å². The van der Waals surface area contributed by atoms with E-state index in [2.05, 4.69) is 5.10 Å². The van der Waals surface area contributed by atoms with Crippen LogP contribution in [0.2, 0.25) is 0 Å². The zero-order chi connectivity index (χ0) is 30.6. The van der Waals surface area contributed by atoms with E-state index in [4.69, 9.17) is 0 Å². The fourth-order valence-corrected chi connectivity index (χ4v) is 6.04. The molecule has 0 fully saturated rings. The Morgan fingerprint density at radius 1 is 0.786 bits per heavy atom. The molecule has 4 nitrogen and oxygen atoms in total. The molecule has 1 aliphatic rings. The Bertz CT molecular complexity index is 1520. The maximum atomic E-state index is 13.6. The standard InChI is InChI=1S/C32H32F6N3O/c1-19(2)24-9-5-7-11-26(24)30(42,27-12-8-6-10-25(27)20(3)4)28-13-14-29-39-41(18-40(28)29)23-16-21(31(33,34)35)15-22(17-23)32(36,37)38/h5-12,15-20,28,42H,13-14H2,1-4H3/q+1/t28-/m0/s1. The first kappa shape index (κ1) is 29.8. The van der Waals surface area contributed by atoms with Crippen molar-refractivity contribution in [1.29, 1.82) is 0 Å². The second-order valence-corrected chi connectivity index (χ2v) is 11.5. The van der Waals surface area contributed by atoms with E-state index in [0.29, 0.717) is 41.9 Å². The van der Waals surface area contributed by atoms with Gasteiger partial charge in [0.1, 0.15) is 17.3 Å². The Hall–Kier alpha value is -3.66. The number of aliphatic hydroxyl groups is 1. The summed E-state index contributed by atoms with van der Waals surface area (Å²) in [6.07, 6.45) is -7.73. The third-order valence-electron chi connectivity index (χ3n) is 8.04. The lowest BCUT2D eigenvalue weighted by atomic mass is 9.73. The maximum absolute atomic E-state index is 13.6. The number of benzene rings is 3. The summed E-state index contributed by atoms with van der Waals surface area (Å²) in [5, 5.41) is 17.4. The van der Waals surface area contributed by atoms with Gasteiger partial charge in [0.25, 0.3) is 5.82 Å². The van der Waals surface area contributed by atoms with Gasteiger partial charge in [-0.2, -0.15) is 26.3 Å². The molecule has 3 aromatic carbocycles. The van der Waals surface area contributed by atoms with Crippen molar-refractivity contribution in [3.8, 4) is 5.69 Å². The van der Waals surface area contributed by atoms with Crippen LogP contribution in [-0.2, 0) is 24.4 Å². The number of halogens is 6. The molecule has 0 saturated heterocycles. The smallest absolute Gasteiger partial charge is 0.377 e. The van der Waals surface area contributed by atoms with Crippen molar-refractivity contribution >= 4 is 0 Å². The predicted octanol–water partition coefficient (Wildman–Crippen LogP) is 7.87. The highest BCUT2D eigenvalue weighted by Crippen LogP contribution is 2.46. The van der Waals surface area contributed by atoms with Gasteiger partial charge in [0.2, 0.25) is 6.33 Å². The van der Waals surface area contributed by atoms with Gasteiger partial charge in [0.05, 0.1) is 11.1 Å². The van der Waals surface area contributed by atoms with E-state index < -0.39 is 35.1 Å². The molecule has 10 heteroatoms. The van der Waals surface area contributed by atoms with Gasteiger partial charge in [-0.1, -0.05) is 80.9 Å². The van der Waals surface area contributed by atoms with Gasteiger partial charge in [-0.15, -0.1) is 0 Å². The van der Waals surface area contributed by atoms with Crippen molar-refractivity contribution in [2.45, 2.75) is 76.4 Å². The molecule has 1 atom stereocenters. The molecule has 42 heavy (non-hydrogen) atoms. The highest BCUT2D eigenvalue weighted by Gasteiger charge is 2.50. The average Bonchev–Trinajstić information content (AvgIpc) is 3.53.